The molecule has 0 amide bonds. The zero-order valence-corrected chi connectivity index (χ0v) is 12.7. The summed E-state index contributed by atoms with van der Waals surface area (Å²) in [5, 5.41) is 13.3. The van der Waals surface area contributed by atoms with E-state index in [1.54, 1.807) is 0 Å². The Kier molecular flexibility index (Phi) is 6.10. The van der Waals surface area contributed by atoms with Gasteiger partial charge in [-0.1, -0.05) is 0 Å². The van der Waals surface area contributed by atoms with E-state index >= 15 is 0 Å². The minimum atomic E-state index is 0.0390. The average Bonchev–Trinajstić information content (AvgIpc) is 2.53. The van der Waals surface area contributed by atoms with E-state index in [0.717, 1.165) is 45.0 Å². The number of hydrogen-bond donors (Lipinski definition) is 2. The van der Waals surface area contributed by atoms with Crippen molar-refractivity contribution in [2.24, 2.45) is 0 Å². The maximum atomic E-state index is 9.87. The van der Waals surface area contributed by atoms with Crippen LogP contribution in [0.4, 0.5) is 0 Å². The van der Waals surface area contributed by atoms with Crippen LogP contribution in [0.25, 0.3) is 0 Å². The van der Waals surface area contributed by atoms with Crippen molar-refractivity contribution in [2.75, 3.05) is 53.6 Å². The third kappa shape index (κ3) is 4.49. The first-order chi connectivity index (χ1) is 10.2. The zero-order chi connectivity index (χ0) is 15.1. The summed E-state index contributed by atoms with van der Waals surface area (Å²) in [6.45, 7) is 6.28. The van der Waals surface area contributed by atoms with Crippen molar-refractivity contribution in [1.29, 1.82) is 0 Å². The largest absolute Gasteiger partial charge is 0.502 e. The van der Waals surface area contributed by atoms with Gasteiger partial charge >= 0.3 is 0 Å². The molecule has 0 aliphatic carbocycles. The predicted octanol–water partition coefficient (Wildman–Crippen LogP) is 0.831. The molecule has 6 nitrogen and oxygen atoms in total. The second-order valence-electron chi connectivity index (χ2n) is 4.98. The lowest BCUT2D eigenvalue weighted by molar-refractivity contribution is 0.0384. The maximum Gasteiger partial charge on any atom is 0.200 e. The fourth-order valence-electron chi connectivity index (χ4n) is 2.34. The molecule has 6 heteroatoms. The van der Waals surface area contributed by atoms with Gasteiger partial charge in [-0.25, -0.2) is 0 Å². The molecule has 0 atom stereocenters. The van der Waals surface area contributed by atoms with Gasteiger partial charge < -0.3 is 24.6 Å². The Balaban J connectivity index is 1.82. The van der Waals surface area contributed by atoms with Gasteiger partial charge in [0.15, 0.2) is 11.5 Å². The molecule has 1 aliphatic heterocycles. The third-order valence-corrected chi connectivity index (χ3v) is 3.58. The second kappa shape index (κ2) is 8.07. The highest BCUT2D eigenvalue weighted by molar-refractivity contribution is 5.52. The first kappa shape index (κ1) is 15.9. The van der Waals surface area contributed by atoms with Crippen LogP contribution in [0.2, 0.25) is 0 Å². The van der Waals surface area contributed by atoms with Crippen LogP contribution in [0.1, 0.15) is 5.56 Å². The number of methoxy groups -OCH3 is 2. The quantitative estimate of drug-likeness (QED) is 0.727. The number of aromatic hydroxyl groups is 1. The highest BCUT2D eigenvalue weighted by atomic mass is 16.5. The summed E-state index contributed by atoms with van der Waals surface area (Å²) in [5.74, 6) is 0.899. The van der Waals surface area contributed by atoms with Gasteiger partial charge in [0.1, 0.15) is 0 Å². The SMILES string of the molecule is COc1cc(CNCCN2CCOCC2)cc(OC)c1O. The van der Waals surface area contributed by atoms with Gasteiger partial charge in [-0.15, -0.1) is 0 Å². The van der Waals surface area contributed by atoms with Gasteiger partial charge in [-0.2, -0.15) is 0 Å². The molecular formula is C15H24N2O4. The molecule has 0 radical (unpaired) electrons. The van der Waals surface area contributed by atoms with Crippen molar-refractivity contribution >= 4 is 0 Å². The number of ether oxygens (including phenoxy) is 3. The Morgan fingerprint density at radius 2 is 1.81 bits per heavy atom. The normalized spacial score (nSPS) is 15.9. The molecule has 0 spiro atoms. The molecule has 0 unspecified atom stereocenters. The molecule has 0 saturated carbocycles. The van der Waals surface area contributed by atoms with E-state index in [-0.39, 0.29) is 5.75 Å². The van der Waals surface area contributed by atoms with Gasteiger partial charge in [0.2, 0.25) is 5.75 Å². The van der Waals surface area contributed by atoms with E-state index in [1.807, 2.05) is 12.1 Å². The summed E-state index contributed by atoms with van der Waals surface area (Å²) in [5.41, 5.74) is 1.02. The van der Waals surface area contributed by atoms with Crippen molar-refractivity contribution in [1.82, 2.24) is 10.2 Å². The van der Waals surface area contributed by atoms with E-state index in [4.69, 9.17) is 14.2 Å². The number of phenols is 1. The Morgan fingerprint density at radius 3 is 2.38 bits per heavy atom. The number of nitrogens with one attached hydrogen (secondary N) is 1. The van der Waals surface area contributed by atoms with Crippen LogP contribution in [0.15, 0.2) is 12.1 Å². The van der Waals surface area contributed by atoms with Gasteiger partial charge in [0.25, 0.3) is 0 Å². The van der Waals surface area contributed by atoms with Gasteiger partial charge in [0, 0.05) is 32.7 Å². The van der Waals surface area contributed by atoms with Crippen molar-refractivity contribution in [3.05, 3.63) is 17.7 Å². The molecule has 1 fully saturated rings. The lowest BCUT2D eigenvalue weighted by Crippen LogP contribution is -2.40. The third-order valence-electron chi connectivity index (χ3n) is 3.58. The standard InChI is InChI=1S/C15H24N2O4/c1-19-13-9-12(10-14(20-2)15(13)18)11-16-3-4-17-5-7-21-8-6-17/h9-10,16,18H,3-8,11H2,1-2H3. The molecule has 118 valence electrons. The molecule has 1 aliphatic rings. The van der Waals surface area contributed by atoms with Crippen LogP contribution in [0.3, 0.4) is 0 Å². The zero-order valence-electron chi connectivity index (χ0n) is 12.7. The summed E-state index contributed by atoms with van der Waals surface area (Å²) < 4.78 is 15.6. The van der Waals surface area contributed by atoms with E-state index in [1.165, 1.54) is 14.2 Å². The summed E-state index contributed by atoms with van der Waals surface area (Å²) in [4.78, 5) is 2.38. The fourth-order valence-corrected chi connectivity index (χ4v) is 2.34. The molecule has 2 rings (SSSR count). The van der Waals surface area contributed by atoms with Crippen molar-refractivity contribution in [3.8, 4) is 17.2 Å². The fraction of sp³-hybridized carbons (Fsp3) is 0.600. The molecule has 0 aromatic heterocycles. The highest BCUT2D eigenvalue weighted by Crippen LogP contribution is 2.36. The monoisotopic (exact) mass is 296 g/mol. The van der Waals surface area contributed by atoms with Crippen LogP contribution in [0, 0.1) is 0 Å². The summed E-state index contributed by atoms with van der Waals surface area (Å²) in [7, 11) is 3.06. The second-order valence-corrected chi connectivity index (χ2v) is 4.98. The van der Waals surface area contributed by atoms with Crippen LogP contribution >= 0.6 is 0 Å². The molecule has 21 heavy (non-hydrogen) atoms. The first-order valence-corrected chi connectivity index (χ1v) is 7.19. The Morgan fingerprint density at radius 1 is 1.19 bits per heavy atom. The predicted molar refractivity (Wildman–Crippen MR) is 80.2 cm³/mol. The number of hydrogen-bond acceptors (Lipinski definition) is 6. The molecule has 1 heterocycles. The number of rotatable bonds is 7. The van der Waals surface area contributed by atoms with Gasteiger partial charge in [0.05, 0.1) is 27.4 Å². The minimum Gasteiger partial charge on any atom is -0.502 e. The van der Waals surface area contributed by atoms with Crippen LogP contribution < -0.4 is 14.8 Å². The Bertz CT molecular complexity index is 422. The Labute approximate surface area is 125 Å². The maximum absolute atomic E-state index is 9.87. The molecule has 0 bridgehead atoms. The average molecular weight is 296 g/mol. The molecular weight excluding hydrogens is 272 g/mol. The lowest BCUT2D eigenvalue weighted by atomic mass is 10.2. The van der Waals surface area contributed by atoms with Crippen LogP contribution in [-0.2, 0) is 11.3 Å². The Hall–Kier alpha value is -1.50. The van der Waals surface area contributed by atoms with Crippen molar-refractivity contribution in [3.63, 3.8) is 0 Å². The van der Waals surface area contributed by atoms with Gasteiger partial charge in [-0.05, 0) is 17.7 Å². The summed E-state index contributed by atoms with van der Waals surface area (Å²) in [6.07, 6.45) is 0. The van der Waals surface area contributed by atoms with E-state index < -0.39 is 0 Å². The lowest BCUT2D eigenvalue weighted by Gasteiger charge is -2.26. The molecule has 2 N–H and O–H groups in total. The summed E-state index contributed by atoms with van der Waals surface area (Å²) >= 11 is 0. The van der Waals surface area contributed by atoms with E-state index in [0.29, 0.717) is 18.0 Å². The minimum absolute atomic E-state index is 0.0390. The molecule has 1 aromatic carbocycles. The van der Waals surface area contributed by atoms with Crippen molar-refractivity contribution in [2.45, 2.75) is 6.54 Å². The topological polar surface area (TPSA) is 63.2 Å². The number of nitrogens with zero attached hydrogens (tertiary/aromatic N) is 1. The summed E-state index contributed by atoms with van der Waals surface area (Å²) in [6, 6.07) is 3.64. The molecule has 1 saturated heterocycles. The van der Waals surface area contributed by atoms with Crippen LogP contribution in [-0.4, -0.2) is 63.6 Å². The van der Waals surface area contributed by atoms with Crippen LogP contribution in [0.5, 0.6) is 17.2 Å². The van der Waals surface area contributed by atoms with E-state index in [2.05, 4.69) is 10.2 Å². The first-order valence-electron chi connectivity index (χ1n) is 7.19. The number of morpholine rings is 1. The highest BCUT2D eigenvalue weighted by Gasteiger charge is 2.12. The van der Waals surface area contributed by atoms with Crippen molar-refractivity contribution < 1.29 is 19.3 Å². The number of benzene rings is 1. The molecule has 1 aromatic rings. The van der Waals surface area contributed by atoms with E-state index in [9.17, 15) is 5.11 Å². The number of phenolic OH excluding ortho intramolecular Hbond substituents is 1. The van der Waals surface area contributed by atoms with Gasteiger partial charge in [-0.3, -0.25) is 4.90 Å². The smallest absolute Gasteiger partial charge is 0.200 e.